The van der Waals surface area contributed by atoms with Gasteiger partial charge in [0.05, 0.1) is 18.1 Å². The monoisotopic (exact) mass is 380 g/mol. The quantitative estimate of drug-likeness (QED) is 0.520. The van der Waals surface area contributed by atoms with Crippen molar-refractivity contribution in [3.63, 3.8) is 0 Å². The summed E-state index contributed by atoms with van der Waals surface area (Å²) in [5.74, 6) is -0.976. The van der Waals surface area contributed by atoms with Crippen molar-refractivity contribution >= 4 is 12.3 Å². The van der Waals surface area contributed by atoms with Crippen LogP contribution in [0.2, 0.25) is 0 Å². The minimum atomic E-state index is -4.53. The largest absolute Gasteiger partial charge is 0.485 e. The number of rotatable bonds is 7. The smallest absolute Gasteiger partial charge is 0.416 e. The number of carbonyl (C=O) groups is 2. The van der Waals surface area contributed by atoms with Crippen molar-refractivity contribution < 1.29 is 32.2 Å². The van der Waals surface area contributed by atoms with Crippen LogP contribution in [0.15, 0.2) is 42.5 Å². The van der Waals surface area contributed by atoms with Crippen LogP contribution in [0.5, 0.6) is 5.75 Å². The molecule has 2 rings (SSSR count). The molecule has 1 atom stereocenters. The molecule has 2 aromatic rings. The van der Waals surface area contributed by atoms with E-state index in [1.807, 2.05) is 0 Å². The van der Waals surface area contributed by atoms with Crippen molar-refractivity contribution in [1.82, 2.24) is 0 Å². The number of halogens is 3. The number of alkyl halides is 3. The van der Waals surface area contributed by atoms with Crippen LogP contribution in [-0.2, 0) is 20.5 Å². The van der Waals surface area contributed by atoms with Gasteiger partial charge in [0, 0.05) is 5.56 Å². The highest BCUT2D eigenvalue weighted by molar-refractivity contribution is 5.79. The van der Waals surface area contributed by atoms with E-state index >= 15 is 0 Å². The minimum absolute atomic E-state index is 0.0575. The second-order valence-corrected chi connectivity index (χ2v) is 5.79. The topological polar surface area (TPSA) is 52.6 Å². The molecular formula is C20H19F3O4. The van der Waals surface area contributed by atoms with Crippen molar-refractivity contribution in [2.75, 3.05) is 13.2 Å². The van der Waals surface area contributed by atoms with Gasteiger partial charge in [0.15, 0.2) is 6.29 Å². The Labute approximate surface area is 154 Å². The average molecular weight is 380 g/mol. The highest BCUT2D eigenvalue weighted by atomic mass is 19.4. The van der Waals surface area contributed by atoms with Gasteiger partial charge >= 0.3 is 12.1 Å². The summed E-state index contributed by atoms with van der Waals surface area (Å²) in [5.41, 5.74) is 0.747. The lowest BCUT2D eigenvalue weighted by Crippen LogP contribution is -2.13. The Kier molecular flexibility index (Phi) is 6.60. The van der Waals surface area contributed by atoms with Crippen LogP contribution in [0.3, 0.4) is 0 Å². The number of aldehydes is 1. The molecule has 0 N–H and O–H groups in total. The summed E-state index contributed by atoms with van der Waals surface area (Å²) in [6.45, 7) is 3.28. The van der Waals surface area contributed by atoms with Gasteiger partial charge < -0.3 is 9.47 Å². The normalized spacial score (nSPS) is 12.3. The van der Waals surface area contributed by atoms with E-state index in [4.69, 9.17) is 9.47 Å². The SMILES string of the molecule is CCOC(=O)C(C)c1cccc(-c2ccc(C(F)(F)F)cc2OCC=O)c1. The molecular weight excluding hydrogens is 361 g/mol. The molecule has 0 aliphatic heterocycles. The fourth-order valence-corrected chi connectivity index (χ4v) is 2.56. The first-order chi connectivity index (χ1) is 12.8. The number of hydrogen-bond donors (Lipinski definition) is 0. The minimum Gasteiger partial charge on any atom is -0.485 e. The summed E-state index contributed by atoms with van der Waals surface area (Å²) >= 11 is 0. The van der Waals surface area contributed by atoms with Crippen molar-refractivity contribution in [2.45, 2.75) is 25.9 Å². The standard InChI is InChI=1S/C20H19F3O4/c1-3-26-19(25)13(2)14-5-4-6-15(11-14)17-8-7-16(20(21,22)23)12-18(17)27-10-9-24/h4-9,11-13H,3,10H2,1-2H3. The van der Waals surface area contributed by atoms with Gasteiger partial charge in [-0.05, 0) is 37.1 Å². The molecule has 0 saturated heterocycles. The van der Waals surface area contributed by atoms with E-state index in [-0.39, 0.29) is 24.9 Å². The Hall–Kier alpha value is -2.83. The van der Waals surface area contributed by atoms with Gasteiger partial charge in [-0.25, -0.2) is 0 Å². The van der Waals surface area contributed by atoms with E-state index in [1.165, 1.54) is 6.07 Å². The third-order valence-corrected chi connectivity index (χ3v) is 3.95. The van der Waals surface area contributed by atoms with Gasteiger partial charge in [-0.15, -0.1) is 0 Å². The summed E-state index contributed by atoms with van der Waals surface area (Å²) in [5, 5.41) is 0. The van der Waals surface area contributed by atoms with Crippen molar-refractivity contribution in [3.05, 3.63) is 53.6 Å². The molecule has 0 fully saturated rings. The van der Waals surface area contributed by atoms with Gasteiger partial charge in [-0.3, -0.25) is 9.59 Å². The summed E-state index contributed by atoms with van der Waals surface area (Å²) in [6.07, 6.45) is -4.07. The number of ether oxygens (including phenoxy) is 2. The molecule has 0 aliphatic carbocycles. The van der Waals surface area contributed by atoms with E-state index in [0.717, 1.165) is 12.1 Å². The molecule has 0 saturated carbocycles. The fraction of sp³-hybridized carbons (Fsp3) is 0.300. The highest BCUT2D eigenvalue weighted by Gasteiger charge is 2.31. The fourth-order valence-electron chi connectivity index (χ4n) is 2.56. The maximum absolute atomic E-state index is 13.0. The molecule has 0 aliphatic rings. The lowest BCUT2D eigenvalue weighted by molar-refractivity contribution is -0.144. The van der Waals surface area contributed by atoms with Gasteiger partial charge in [0.25, 0.3) is 0 Å². The van der Waals surface area contributed by atoms with Crippen LogP contribution < -0.4 is 4.74 Å². The Balaban J connectivity index is 2.46. The van der Waals surface area contributed by atoms with Crippen LogP contribution >= 0.6 is 0 Å². The van der Waals surface area contributed by atoms with Gasteiger partial charge in [-0.2, -0.15) is 13.2 Å². The van der Waals surface area contributed by atoms with Crippen LogP contribution in [0.4, 0.5) is 13.2 Å². The molecule has 0 radical (unpaired) electrons. The zero-order chi connectivity index (χ0) is 20.0. The summed E-state index contributed by atoms with van der Waals surface area (Å²) in [6, 6.07) is 9.92. The molecule has 7 heteroatoms. The van der Waals surface area contributed by atoms with Crippen LogP contribution in [0.25, 0.3) is 11.1 Å². The van der Waals surface area contributed by atoms with E-state index < -0.39 is 17.7 Å². The zero-order valence-electron chi connectivity index (χ0n) is 14.9. The summed E-state index contributed by atoms with van der Waals surface area (Å²) in [4.78, 5) is 22.5. The predicted octanol–water partition coefficient (Wildman–Crippen LogP) is 4.62. The number of esters is 1. The van der Waals surface area contributed by atoms with Gasteiger partial charge in [0.2, 0.25) is 0 Å². The van der Waals surface area contributed by atoms with Crippen molar-refractivity contribution in [1.29, 1.82) is 0 Å². The lowest BCUT2D eigenvalue weighted by Gasteiger charge is -2.16. The second kappa shape index (κ2) is 8.70. The number of hydrogen-bond acceptors (Lipinski definition) is 4. The first-order valence-corrected chi connectivity index (χ1v) is 8.32. The lowest BCUT2D eigenvalue weighted by atomic mass is 9.95. The molecule has 0 bridgehead atoms. The number of carbonyl (C=O) groups excluding carboxylic acids is 2. The molecule has 0 spiro atoms. The molecule has 0 aromatic heterocycles. The molecule has 1 unspecified atom stereocenters. The number of benzene rings is 2. The van der Waals surface area contributed by atoms with Crippen molar-refractivity contribution in [3.8, 4) is 16.9 Å². The predicted molar refractivity (Wildman–Crippen MR) is 93.5 cm³/mol. The summed E-state index contributed by atoms with van der Waals surface area (Å²) < 4.78 is 49.1. The van der Waals surface area contributed by atoms with E-state index in [2.05, 4.69) is 0 Å². The second-order valence-electron chi connectivity index (χ2n) is 5.79. The Morgan fingerprint density at radius 3 is 2.56 bits per heavy atom. The molecule has 27 heavy (non-hydrogen) atoms. The van der Waals surface area contributed by atoms with E-state index in [9.17, 15) is 22.8 Å². The first kappa shape index (κ1) is 20.5. The van der Waals surface area contributed by atoms with Crippen LogP contribution in [-0.4, -0.2) is 25.5 Å². The van der Waals surface area contributed by atoms with Crippen LogP contribution in [0.1, 0.15) is 30.9 Å². The Bertz CT molecular complexity index is 815. The maximum Gasteiger partial charge on any atom is 0.416 e. The van der Waals surface area contributed by atoms with E-state index in [1.54, 1.807) is 38.1 Å². The maximum atomic E-state index is 13.0. The first-order valence-electron chi connectivity index (χ1n) is 8.32. The van der Waals surface area contributed by atoms with Crippen molar-refractivity contribution in [2.24, 2.45) is 0 Å². The van der Waals surface area contributed by atoms with Gasteiger partial charge in [0.1, 0.15) is 12.4 Å². The third-order valence-electron chi connectivity index (χ3n) is 3.95. The highest BCUT2D eigenvalue weighted by Crippen LogP contribution is 2.37. The molecule has 2 aromatic carbocycles. The third kappa shape index (κ3) is 5.09. The van der Waals surface area contributed by atoms with E-state index in [0.29, 0.717) is 23.0 Å². The zero-order valence-corrected chi connectivity index (χ0v) is 14.9. The molecule has 144 valence electrons. The van der Waals surface area contributed by atoms with Gasteiger partial charge in [-0.1, -0.05) is 30.3 Å². The Morgan fingerprint density at radius 1 is 1.19 bits per heavy atom. The molecule has 4 nitrogen and oxygen atoms in total. The molecule has 0 heterocycles. The Morgan fingerprint density at radius 2 is 1.93 bits per heavy atom. The molecule has 0 amide bonds. The summed E-state index contributed by atoms with van der Waals surface area (Å²) in [7, 11) is 0. The average Bonchev–Trinajstić information content (AvgIpc) is 2.65. The van der Waals surface area contributed by atoms with Crippen LogP contribution in [0, 0.1) is 0 Å².